The highest BCUT2D eigenvalue weighted by Crippen LogP contribution is 2.52. The van der Waals surface area contributed by atoms with Crippen LogP contribution in [0.5, 0.6) is 0 Å². The molecule has 6 heterocycles. The number of hydrogen-bond acceptors (Lipinski definition) is 3. The summed E-state index contributed by atoms with van der Waals surface area (Å²) in [6.45, 7) is 0. The van der Waals surface area contributed by atoms with Crippen molar-refractivity contribution in [3.05, 3.63) is 200 Å². The van der Waals surface area contributed by atoms with E-state index in [2.05, 4.69) is 202 Å². The Morgan fingerprint density at radius 1 is 0.391 bits per heavy atom. The van der Waals surface area contributed by atoms with Crippen molar-refractivity contribution in [2.75, 3.05) is 0 Å². The van der Waals surface area contributed by atoms with Gasteiger partial charge in [-0.15, -0.1) is 0 Å². The molecule has 6 heteroatoms. The van der Waals surface area contributed by atoms with E-state index in [0.29, 0.717) is 11.5 Å². The van der Waals surface area contributed by atoms with Crippen LogP contribution in [-0.4, -0.2) is 23.7 Å². The first kappa shape index (κ1) is 33.9. The van der Waals surface area contributed by atoms with Crippen LogP contribution in [0.15, 0.2) is 205 Å². The molecule has 0 unspecified atom stereocenters. The molecule has 0 fully saturated rings. The molecule has 1 aliphatic rings. The van der Waals surface area contributed by atoms with Crippen molar-refractivity contribution < 1.29 is 4.42 Å². The summed E-state index contributed by atoms with van der Waals surface area (Å²) < 4.78 is 13.9. The molecule has 0 bridgehead atoms. The van der Waals surface area contributed by atoms with E-state index >= 15 is 0 Å². The minimum absolute atomic E-state index is 0.587. The average molecular weight is 816 g/mol. The fraction of sp³-hybridized carbons (Fsp3) is 0. The molecule has 0 amide bonds. The standard InChI is InChI=1S/C58H33N5O/c1-2-16-35(17-3-1)61-45-25-11-7-20-38(45)40-31-30-34(32-49(40)61)54-57-55(43-24-10-15-29-51(43)64-57)60-58(59-54)63-48-28-14-9-23-42(48)52-50(63)33-44-39-21-8-13-27-47(39)62-46-26-12-6-19-37(46)36-18-4-5-22-41(36)53(52)56(44)62/h1-33H. The van der Waals surface area contributed by atoms with Gasteiger partial charge in [0, 0.05) is 60.1 Å². The van der Waals surface area contributed by atoms with Gasteiger partial charge < -0.3 is 13.6 Å². The number of furan rings is 1. The van der Waals surface area contributed by atoms with Crippen LogP contribution in [0.3, 0.4) is 0 Å². The van der Waals surface area contributed by atoms with Crippen molar-refractivity contribution in [1.82, 2.24) is 23.7 Å². The Morgan fingerprint density at radius 2 is 1.00 bits per heavy atom. The first-order chi connectivity index (χ1) is 31.8. The van der Waals surface area contributed by atoms with Gasteiger partial charge in [-0.3, -0.25) is 4.57 Å². The molecule has 14 aromatic rings. The molecule has 0 spiro atoms. The van der Waals surface area contributed by atoms with Crippen LogP contribution in [-0.2, 0) is 0 Å². The lowest BCUT2D eigenvalue weighted by Crippen LogP contribution is -2.03. The molecule has 296 valence electrons. The Morgan fingerprint density at radius 3 is 1.81 bits per heavy atom. The van der Waals surface area contributed by atoms with Gasteiger partial charge in [-0.1, -0.05) is 140 Å². The molecule has 15 rings (SSSR count). The van der Waals surface area contributed by atoms with Gasteiger partial charge in [0.15, 0.2) is 5.58 Å². The highest BCUT2D eigenvalue weighted by molar-refractivity contribution is 6.28. The molecule has 9 aromatic carbocycles. The van der Waals surface area contributed by atoms with Crippen LogP contribution in [0.4, 0.5) is 0 Å². The summed E-state index contributed by atoms with van der Waals surface area (Å²) >= 11 is 0. The molecule has 0 radical (unpaired) electrons. The van der Waals surface area contributed by atoms with Crippen LogP contribution in [0.25, 0.3) is 138 Å². The number of benzene rings is 9. The molecule has 0 atom stereocenters. The van der Waals surface area contributed by atoms with Crippen molar-refractivity contribution in [3.63, 3.8) is 0 Å². The van der Waals surface area contributed by atoms with E-state index in [-0.39, 0.29) is 0 Å². The van der Waals surface area contributed by atoms with E-state index in [9.17, 15) is 0 Å². The molecule has 0 saturated carbocycles. The second-order valence-corrected chi connectivity index (χ2v) is 16.9. The Bertz CT molecular complexity index is 4320. The van der Waals surface area contributed by atoms with E-state index in [0.717, 1.165) is 60.9 Å². The van der Waals surface area contributed by atoms with Gasteiger partial charge in [-0.05, 0) is 71.8 Å². The number of nitrogens with zero attached hydrogens (tertiary/aromatic N) is 5. The van der Waals surface area contributed by atoms with Gasteiger partial charge in [0.2, 0.25) is 5.95 Å². The number of para-hydroxylation sites is 6. The average Bonchev–Trinajstić information content (AvgIpc) is 4.07. The monoisotopic (exact) mass is 815 g/mol. The highest BCUT2D eigenvalue weighted by atomic mass is 16.3. The van der Waals surface area contributed by atoms with E-state index in [1.807, 2.05) is 12.1 Å². The third kappa shape index (κ3) is 4.38. The Balaban J connectivity index is 1.09. The zero-order valence-electron chi connectivity index (χ0n) is 34.2. The quantitative estimate of drug-likeness (QED) is 0.178. The second-order valence-electron chi connectivity index (χ2n) is 16.9. The summed E-state index contributed by atoms with van der Waals surface area (Å²) in [5.41, 5.74) is 17.7. The Kier molecular flexibility index (Phi) is 6.59. The molecular formula is C58H33N5O. The molecule has 64 heavy (non-hydrogen) atoms. The lowest BCUT2D eigenvalue weighted by molar-refractivity contribution is 0.666. The fourth-order valence-electron chi connectivity index (χ4n) is 11.0. The zero-order chi connectivity index (χ0) is 41.6. The van der Waals surface area contributed by atoms with Gasteiger partial charge in [0.25, 0.3) is 0 Å². The topological polar surface area (TPSA) is 53.7 Å². The van der Waals surface area contributed by atoms with E-state index in [4.69, 9.17) is 14.4 Å². The SMILES string of the molecule is c1ccc(-n2c3ccccc3c3ccc(-c4nc(-n5c6ccccc6c6c7c8c(cc65)c5ccccc5n8-c5ccccc5-c5ccccc5-7)nc5c4oc4ccccc45)cc32)cc1. The van der Waals surface area contributed by atoms with Crippen LogP contribution >= 0.6 is 0 Å². The molecule has 0 saturated heterocycles. The lowest BCUT2D eigenvalue weighted by Gasteiger charge is -2.13. The van der Waals surface area contributed by atoms with Gasteiger partial charge in [-0.25, -0.2) is 9.97 Å². The van der Waals surface area contributed by atoms with Crippen LogP contribution in [0.1, 0.15) is 0 Å². The maximum Gasteiger partial charge on any atom is 0.236 e. The van der Waals surface area contributed by atoms with Crippen molar-refractivity contribution in [2.45, 2.75) is 0 Å². The number of rotatable bonds is 3. The summed E-state index contributed by atoms with van der Waals surface area (Å²) in [5, 5.41) is 8.02. The third-order valence-electron chi connectivity index (χ3n) is 13.6. The second kappa shape index (κ2) is 12.4. The minimum Gasteiger partial charge on any atom is -0.452 e. The van der Waals surface area contributed by atoms with Gasteiger partial charge in [0.1, 0.15) is 16.8 Å². The van der Waals surface area contributed by atoms with Crippen LogP contribution in [0, 0.1) is 0 Å². The van der Waals surface area contributed by atoms with Crippen molar-refractivity contribution in [2.24, 2.45) is 0 Å². The number of hydrogen-bond donors (Lipinski definition) is 0. The molecule has 0 N–H and O–H groups in total. The molecule has 6 nitrogen and oxygen atoms in total. The number of fused-ring (bicyclic) bond motifs is 18. The van der Waals surface area contributed by atoms with Crippen LogP contribution in [0.2, 0.25) is 0 Å². The first-order valence-corrected chi connectivity index (χ1v) is 21.8. The minimum atomic E-state index is 0.587. The van der Waals surface area contributed by atoms with Crippen molar-refractivity contribution in [1.29, 1.82) is 0 Å². The first-order valence-electron chi connectivity index (χ1n) is 21.8. The maximum atomic E-state index is 6.76. The highest BCUT2D eigenvalue weighted by Gasteiger charge is 2.30. The van der Waals surface area contributed by atoms with E-state index in [1.54, 1.807) is 0 Å². The predicted octanol–water partition coefficient (Wildman–Crippen LogP) is 15.0. The van der Waals surface area contributed by atoms with Gasteiger partial charge in [0.05, 0.1) is 38.8 Å². The fourth-order valence-corrected chi connectivity index (χ4v) is 11.0. The van der Waals surface area contributed by atoms with Crippen LogP contribution < -0.4 is 0 Å². The lowest BCUT2D eigenvalue weighted by atomic mass is 9.91. The van der Waals surface area contributed by atoms with Crippen molar-refractivity contribution >= 4 is 87.5 Å². The molecule has 5 aromatic heterocycles. The molecule has 1 aliphatic heterocycles. The van der Waals surface area contributed by atoms with Gasteiger partial charge in [-0.2, -0.15) is 0 Å². The smallest absolute Gasteiger partial charge is 0.236 e. The third-order valence-corrected chi connectivity index (χ3v) is 13.6. The Hall–Kier alpha value is -8.74. The maximum absolute atomic E-state index is 6.76. The molecule has 0 aliphatic carbocycles. The van der Waals surface area contributed by atoms with E-state index < -0.39 is 0 Å². The summed E-state index contributed by atoms with van der Waals surface area (Å²) in [4.78, 5) is 11.1. The summed E-state index contributed by atoms with van der Waals surface area (Å²) in [6, 6.07) is 71.8. The molecular weight excluding hydrogens is 783 g/mol. The summed E-state index contributed by atoms with van der Waals surface area (Å²) in [5.74, 6) is 0.587. The summed E-state index contributed by atoms with van der Waals surface area (Å²) in [6.07, 6.45) is 0. The zero-order valence-corrected chi connectivity index (χ0v) is 34.2. The number of aromatic nitrogens is 5. The van der Waals surface area contributed by atoms with E-state index in [1.165, 1.54) is 65.9 Å². The Labute approximate surface area is 365 Å². The summed E-state index contributed by atoms with van der Waals surface area (Å²) in [7, 11) is 0. The van der Waals surface area contributed by atoms with Crippen molar-refractivity contribution in [3.8, 4) is 50.8 Å². The largest absolute Gasteiger partial charge is 0.452 e. The van der Waals surface area contributed by atoms with Gasteiger partial charge >= 0.3 is 0 Å². The normalized spacial score (nSPS) is 12.4. The predicted molar refractivity (Wildman–Crippen MR) is 262 cm³/mol.